The molecule has 0 bridgehead atoms. The molecule has 166 valence electrons. The van der Waals surface area contributed by atoms with Crippen molar-refractivity contribution in [1.29, 1.82) is 0 Å². The monoisotopic (exact) mass is 440 g/mol. The van der Waals surface area contributed by atoms with Gasteiger partial charge >= 0.3 is 0 Å². The van der Waals surface area contributed by atoms with Crippen molar-refractivity contribution in [2.45, 2.75) is 25.9 Å². The van der Waals surface area contributed by atoms with Gasteiger partial charge in [-0.1, -0.05) is 54.1 Å². The van der Waals surface area contributed by atoms with Crippen molar-refractivity contribution in [3.05, 3.63) is 83.9 Å². The summed E-state index contributed by atoms with van der Waals surface area (Å²) in [5.41, 5.74) is 4.37. The second kappa shape index (κ2) is 8.43. The summed E-state index contributed by atoms with van der Waals surface area (Å²) in [4.78, 5) is 32.9. The number of para-hydroxylation sites is 4. The number of ether oxygens (including phenoxy) is 1. The first kappa shape index (κ1) is 20.8. The van der Waals surface area contributed by atoms with E-state index in [0.717, 1.165) is 22.2 Å². The summed E-state index contributed by atoms with van der Waals surface area (Å²) in [6, 6.07) is 22.3. The molecule has 0 radical (unpaired) electrons. The second-order valence-corrected chi connectivity index (χ2v) is 8.15. The van der Waals surface area contributed by atoms with Crippen molar-refractivity contribution in [2.24, 2.45) is 0 Å². The lowest BCUT2D eigenvalue weighted by molar-refractivity contribution is -0.124. The first-order valence-corrected chi connectivity index (χ1v) is 10.8. The van der Waals surface area contributed by atoms with Crippen LogP contribution in [0.4, 0.5) is 11.6 Å². The minimum absolute atomic E-state index is 0.00532. The van der Waals surface area contributed by atoms with Crippen LogP contribution < -0.4 is 15.0 Å². The molecule has 1 aliphatic heterocycles. The minimum atomic E-state index is -0.674. The summed E-state index contributed by atoms with van der Waals surface area (Å²) in [5.74, 6) is 0.730. The van der Waals surface area contributed by atoms with E-state index in [-0.39, 0.29) is 18.2 Å². The van der Waals surface area contributed by atoms with Crippen molar-refractivity contribution in [3.63, 3.8) is 0 Å². The van der Waals surface area contributed by atoms with Gasteiger partial charge < -0.3 is 10.1 Å². The van der Waals surface area contributed by atoms with Gasteiger partial charge in [-0.25, -0.2) is 4.98 Å². The third-order valence-corrected chi connectivity index (χ3v) is 5.90. The van der Waals surface area contributed by atoms with Gasteiger partial charge in [-0.15, -0.1) is 0 Å². The molecule has 1 atom stereocenters. The van der Waals surface area contributed by atoms with Gasteiger partial charge in [-0.05, 0) is 36.8 Å². The van der Waals surface area contributed by atoms with Crippen molar-refractivity contribution in [1.82, 2.24) is 9.55 Å². The van der Waals surface area contributed by atoms with Crippen molar-refractivity contribution >= 4 is 34.5 Å². The van der Waals surface area contributed by atoms with Gasteiger partial charge in [0.15, 0.2) is 0 Å². The van der Waals surface area contributed by atoms with Crippen molar-refractivity contribution < 1.29 is 14.3 Å². The Morgan fingerprint density at radius 3 is 2.55 bits per heavy atom. The maximum atomic E-state index is 13.5. The van der Waals surface area contributed by atoms with E-state index in [2.05, 4.69) is 5.32 Å². The van der Waals surface area contributed by atoms with E-state index in [1.54, 1.807) is 24.1 Å². The Morgan fingerprint density at radius 2 is 1.76 bits per heavy atom. The van der Waals surface area contributed by atoms with Crippen LogP contribution in [0.5, 0.6) is 5.75 Å². The lowest BCUT2D eigenvalue weighted by Gasteiger charge is -2.16. The fourth-order valence-corrected chi connectivity index (χ4v) is 4.25. The van der Waals surface area contributed by atoms with Crippen LogP contribution in [0.15, 0.2) is 72.8 Å². The van der Waals surface area contributed by atoms with Crippen LogP contribution in [0, 0.1) is 6.92 Å². The molecule has 1 aromatic heterocycles. The van der Waals surface area contributed by atoms with E-state index in [0.29, 0.717) is 23.9 Å². The predicted octanol–water partition coefficient (Wildman–Crippen LogP) is 4.47. The maximum absolute atomic E-state index is 13.5. The highest BCUT2D eigenvalue weighted by atomic mass is 16.5. The zero-order valence-electron chi connectivity index (χ0n) is 18.5. The molecule has 0 saturated heterocycles. The SMILES string of the molecule is COc1ccccc1NC(=O)C[C@@H]1C(=O)N(Cc2ccc(C)cc2)c2nc3ccccc3n21. The van der Waals surface area contributed by atoms with E-state index in [1.165, 1.54) is 0 Å². The number of hydrogen-bond acceptors (Lipinski definition) is 4. The number of benzene rings is 3. The van der Waals surface area contributed by atoms with Gasteiger partial charge in [0.25, 0.3) is 5.91 Å². The molecule has 5 rings (SSSR count). The highest BCUT2D eigenvalue weighted by molar-refractivity contribution is 6.05. The van der Waals surface area contributed by atoms with Crippen molar-refractivity contribution in [2.75, 3.05) is 17.3 Å². The van der Waals surface area contributed by atoms with E-state index in [4.69, 9.17) is 9.72 Å². The number of rotatable bonds is 6. The molecular formula is C26H24N4O3. The Bertz CT molecular complexity index is 1340. The predicted molar refractivity (Wildman–Crippen MR) is 127 cm³/mol. The van der Waals surface area contributed by atoms with Gasteiger partial charge in [0.05, 0.1) is 36.8 Å². The molecule has 0 unspecified atom stereocenters. The molecule has 4 aromatic rings. The Balaban J connectivity index is 1.47. The van der Waals surface area contributed by atoms with Crippen LogP contribution in [0.2, 0.25) is 0 Å². The normalized spacial score (nSPS) is 15.0. The molecule has 0 aliphatic carbocycles. The number of aromatic nitrogens is 2. The topological polar surface area (TPSA) is 76.5 Å². The zero-order chi connectivity index (χ0) is 22.9. The van der Waals surface area contributed by atoms with Gasteiger partial charge in [0, 0.05) is 0 Å². The Kier molecular flexibility index (Phi) is 5.30. The second-order valence-electron chi connectivity index (χ2n) is 8.15. The number of nitrogens with one attached hydrogen (secondary N) is 1. The Labute approximate surface area is 191 Å². The third-order valence-electron chi connectivity index (χ3n) is 5.90. The Hall–Kier alpha value is -4.13. The lowest BCUT2D eigenvalue weighted by atomic mass is 10.1. The molecule has 1 N–H and O–H groups in total. The molecule has 1 aliphatic rings. The largest absolute Gasteiger partial charge is 0.495 e. The number of carbonyl (C=O) groups excluding carboxylic acids is 2. The zero-order valence-corrected chi connectivity index (χ0v) is 18.5. The minimum Gasteiger partial charge on any atom is -0.495 e. The number of amides is 2. The molecule has 2 amide bonds. The molecule has 0 fully saturated rings. The van der Waals surface area contributed by atoms with Crippen LogP contribution in [-0.4, -0.2) is 28.5 Å². The fourth-order valence-electron chi connectivity index (χ4n) is 4.25. The molecule has 0 saturated carbocycles. The van der Waals surface area contributed by atoms with E-state index in [9.17, 15) is 9.59 Å². The summed E-state index contributed by atoms with van der Waals surface area (Å²) in [6.07, 6.45) is -0.00532. The number of anilines is 2. The van der Waals surface area contributed by atoms with Gasteiger partial charge in [-0.2, -0.15) is 0 Å². The highest BCUT2D eigenvalue weighted by Gasteiger charge is 2.40. The van der Waals surface area contributed by atoms with Crippen LogP contribution in [0.25, 0.3) is 11.0 Å². The number of hydrogen-bond donors (Lipinski definition) is 1. The molecular weight excluding hydrogens is 416 g/mol. The van der Waals surface area contributed by atoms with Crippen LogP contribution in [0.1, 0.15) is 23.6 Å². The van der Waals surface area contributed by atoms with Gasteiger partial charge in [0.2, 0.25) is 11.9 Å². The van der Waals surface area contributed by atoms with E-state index in [1.807, 2.05) is 72.2 Å². The van der Waals surface area contributed by atoms with Crippen molar-refractivity contribution in [3.8, 4) is 5.75 Å². The number of carbonyl (C=O) groups is 2. The number of imidazole rings is 1. The summed E-state index contributed by atoms with van der Waals surface area (Å²) < 4.78 is 7.21. The van der Waals surface area contributed by atoms with Gasteiger partial charge in [-0.3, -0.25) is 19.1 Å². The van der Waals surface area contributed by atoms with Crippen LogP contribution in [-0.2, 0) is 16.1 Å². The average molecular weight is 441 g/mol. The molecule has 7 nitrogen and oxygen atoms in total. The Morgan fingerprint density at radius 1 is 1.03 bits per heavy atom. The summed E-state index contributed by atoms with van der Waals surface area (Å²) in [5, 5.41) is 2.88. The molecule has 7 heteroatoms. The van der Waals surface area contributed by atoms with Crippen LogP contribution in [0.3, 0.4) is 0 Å². The molecule has 0 spiro atoms. The summed E-state index contributed by atoms with van der Waals surface area (Å²) in [6.45, 7) is 2.42. The number of fused-ring (bicyclic) bond motifs is 3. The van der Waals surface area contributed by atoms with Gasteiger partial charge in [0.1, 0.15) is 11.8 Å². The van der Waals surface area contributed by atoms with E-state index < -0.39 is 6.04 Å². The maximum Gasteiger partial charge on any atom is 0.253 e. The molecule has 2 heterocycles. The van der Waals surface area contributed by atoms with Crippen LogP contribution >= 0.6 is 0 Å². The average Bonchev–Trinajstić information content (AvgIpc) is 3.31. The summed E-state index contributed by atoms with van der Waals surface area (Å²) >= 11 is 0. The number of methoxy groups -OCH3 is 1. The number of nitrogens with zero attached hydrogens (tertiary/aromatic N) is 3. The smallest absolute Gasteiger partial charge is 0.253 e. The first-order chi connectivity index (χ1) is 16.0. The number of aryl methyl sites for hydroxylation is 1. The molecule has 3 aromatic carbocycles. The summed E-state index contributed by atoms with van der Waals surface area (Å²) in [7, 11) is 1.55. The lowest BCUT2D eigenvalue weighted by Crippen LogP contribution is -2.31. The fraction of sp³-hybridized carbons (Fsp3) is 0.192. The standard InChI is InChI=1S/C26H24N4O3/c1-17-11-13-18(14-12-17)16-29-25(32)22(30-21-9-5-3-7-19(21)28-26(29)30)15-24(31)27-20-8-4-6-10-23(20)33-2/h3-14,22H,15-16H2,1-2H3,(H,27,31)/t22-/m1/s1. The quantitative estimate of drug-likeness (QED) is 0.480. The van der Waals surface area contributed by atoms with E-state index >= 15 is 0 Å². The highest BCUT2D eigenvalue weighted by Crippen LogP contribution is 2.37. The molecule has 33 heavy (non-hydrogen) atoms. The first-order valence-electron chi connectivity index (χ1n) is 10.8. The third kappa shape index (κ3) is 3.82.